The normalized spacial score (nSPS) is 11.2. The Hall–Kier alpha value is -2.47. The molecule has 0 radical (unpaired) electrons. The second-order valence-electron chi connectivity index (χ2n) is 7.35. The van der Waals surface area contributed by atoms with E-state index in [-0.39, 0.29) is 12.1 Å². The number of fused-ring (bicyclic) bond motifs is 1. The van der Waals surface area contributed by atoms with Crippen molar-refractivity contribution in [3.8, 4) is 0 Å². The molecule has 0 unspecified atom stereocenters. The van der Waals surface area contributed by atoms with E-state index in [0.29, 0.717) is 17.4 Å². The van der Waals surface area contributed by atoms with E-state index in [1.54, 1.807) is 11.0 Å². The lowest BCUT2D eigenvalue weighted by Gasteiger charge is -2.23. The summed E-state index contributed by atoms with van der Waals surface area (Å²) in [5.41, 5.74) is 1.44. The SMILES string of the molecule is CCCCCN(Cc1nc2ccc(Cl)cc2n1CCC)C(=O)c1cccc(F)c1F. The molecule has 0 saturated heterocycles. The Morgan fingerprint density at radius 1 is 1.13 bits per heavy atom. The number of benzene rings is 2. The first-order chi connectivity index (χ1) is 14.5. The fourth-order valence-electron chi connectivity index (χ4n) is 3.55. The Kier molecular flexibility index (Phi) is 7.43. The van der Waals surface area contributed by atoms with Crippen molar-refractivity contribution in [1.82, 2.24) is 14.5 Å². The Morgan fingerprint density at radius 2 is 1.93 bits per heavy atom. The third kappa shape index (κ3) is 4.81. The van der Waals surface area contributed by atoms with E-state index in [0.717, 1.165) is 49.3 Å². The first-order valence-electron chi connectivity index (χ1n) is 10.3. The van der Waals surface area contributed by atoms with E-state index in [2.05, 4.69) is 13.8 Å². The molecule has 3 rings (SSSR count). The minimum atomic E-state index is -1.11. The van der Waals surface area contributed by atoms with Gasteiger partial charge in [0.25, 0.3) is 5.91 Å². The van der Waals surface area contributed by atoms with Crippen molar-refractivity contribution in [3.63, 3.8) is 0 Å². The molecule has 4 nitrogen and oxygen atoms in total. The molecule has 1 heterocycles. The molecule has 0 N–H and O–H groups in total. The van der Waals surface area contributed by atoms with Gasteiger partial charge in [-0.3, -0.25) is 4.79 Å². The highest BCUT2D eigenvalue weighted by atomic mass is 35.5. The van der Waals surface area contributed by atoms with Gasteiger partial charge in [-0.1, -0.05) is 44.4 Å². The molecule has 0 aliphatic carbocycles. The highest BCUT2D eigenvalue weighted by Gasteiger charge is 2.23. The summed E-state index contributed by atoms with van der Waals surface area (Å²) in [4.78, 5) is 19.4. The molecule has 1 amide bonds. The van der Waals surface area contributed by atoms with E-state index in [1.807, 2.05) is 16.7 Å². The quantitative estimate of drug-likeness (QED) is 0.376. The maximum Gasteiger partial charge on any atom is 0.257 e. The number of carbonyl (C=O) groups excluding carboxylic acids is 1. The Bertz CT molecular complexity index is 1030. The van der Waals surface area contributed by atoms with Crippen LogP contribution >= 0.6 is 11.6 Å². The molecule has 0 spiro atoms. The van der Waals surface area contributed by atoms with Crippen LogP contribution in [-0.2, 0) is 13.1 Å². The van der Waals surface area contributed by atoms with Gasteiger partial charge in [0.15, 0.2) is 11.6 Å². The van der Waals surface area contributed by atoms with Crippen LogP contribution in [0.5, 0.6) is 0 Å². The summed E-state index contributed by atoms with van der Waals surface area (Å²) in [7, 11) is 0. The monoisotopic (exact) mass is 433 g/mol. The van der Waals surface area contributed by atoms with Crippen LogP contribution in [-0.4, -0.2) is 26.9 Å². The van der Waals surface area contributed by atoms with Gasteiger partial charge in [0, 0.05) is 18.1 Å². The number of carbonyl (C=O) groups is 1. The molecular weight excluding hydrogens is 408 g/mol. The number of amides is 1. The Balaban J connectivity index is 1.98. The van der Waals surface area contributed by atoms with Gasteiger partial charge in [-0.15, -0.1) is 0 Å². The summed E-state index contributed by atoms with van der Waals surface area (Å²) in [6, 6.07) is 9.18. The molecule has 2 aromatic carbocycles. The van der Waals surface area contributed by atoms with Gasteiger partial charge in [0.2, 0.25) is 0 Å². The van der Waals surface area contributed by atoms with Crippen LogP contribution in [0.3, 0.4) is 0 Å². The zero-order valence-corrected chi connectivity index (χ0v) is 18.1. The summed E-state index contributed by atoms with van der Waals surface area (Å²) >= 11 is 6.17. The van der Waals surface area contributed by atoms with Gasteiger partial charge >= 0.3 is 0 Å². The lowest BCUT2D eigenvalue weighted by molar-refractivity contribution is 0.0728. The van der Waals surface area contributed by atoms with Gasteiger partial charge in [-0.2, -0.15) is 0 Å². The molecule has 3 aromatic rings. The van der Waals surface area contributed by atoms with Crippen LogP contribution in [0.2, 0.25) is 5.02 Å². The second kappa shape index (κ2) is 10.0. The predicted molar refractivity (Wildman–Crippen MR) is 116 cm³/mol. The summed E-state index contributed by atoms with van der Waals surface area (Å²) in [5.74, 6) is -1.97. The van der Waals surface area contributed by atoms with Crippen LogP contribution in [0.25, 0.3) is 11.0 Å². The lowest BCUT2D eigenvalue weighted by atomic mass is 10.1. The number of hydrogen-bond donors (Lipinski definition) is 0. The van der Waals surface area contributed by atoms with E-state index < -0.39 is 17.5 Å². The van der Waals surface area contributed by atoms with Crippen molar-refractivity contribution in [2.75, 3.05) is 6.54 Å². The summed E-state index contributed by atoms with van der Waals surface area (Å²) < 4.78 is 30.0. The summed E-state index contributed by atoms with van der Waals surface area (Å²) in [6.07, 6.45) is 3.59. The van der Waals surface area contributed by atoms with E-state index in [1.165, 1.54) is 12.1 Å². The average molecular weight is 434 g/mol. The number of rotatable bonds is 9. The number of imidazole rings is 1. The van der Waals surface area contributed by atoms with E-state index in [4.69, 9.17) is 16.6 Å². The summed E-state index contributed by atoms with van der Waals surface area (Å²) in [5, 5.41) is 0.615. The molecule has 0 bridgehead atoms. The van der Waals surface area contributed by atoms with Crippen LogP contribution in [0.15, 0.2) is 36.4 Å². The fourth-order valence-corrected chi connectivity index (χ4v) is 3.72. The van der Waals surface area contributed by atoms with Gasteiger partial charge in [-0.25, -0.2) is 13.8 Å². The van der Waals surface area contributed by atoms with Crippen molar-refractivity contribution < 1.29 is 13.6 Å². The van der Waals surface area contributed by atoms with Crippen LogP contribution in [0.4, 0.5) is 8.78 Å². The highest BCUT2D eigenvalue weighted by molar-refractivity contribution is 6.31. The molecule has 0 aliphatic rings. The van der Waals surface area contributed by atoms with Crippen LogP contribution in [0.1, 0.15) is 55.7 Å². The summed E-state index contributed by atoms with van der Waals surface area (Å²) in [6.45, 7) is 5.51. The van der Waals surface area contributed by atoms with Crippen molar-refractivity contribution in [2.45, 2.75) is 52.6 Å². The maximum absolute atomic E-state index is 14.3. The third-order valence-corrected chi connectivity index (χ3v) is 5.30. The lowest BCUT2D eigenvalue weighted by Crippen LogP contribution is -2.33. The molecule has 0 saturated carbocycles. The van der Waals surface area contributed by atoms with Crippen molar-refractivity contribution in [1.29, 1.82) is 0 Å². The third-order valence-electron chi connectivity index (χ3n) is 5.07. The number of nitrogens with zero attached hydrogens (tertiary/aromatic N) is 3. The molecule has 30 heavy (non-hydrogen) atoms. The Morgan fingerprint density at radius 3 is 2.67 bits per heavy atom. The average Bonchev–Trinajstić information content (AvgIpc) is 3.06. The van der Waals surface area contributed by atoms with Gasteiger partial charge < -0.3 is 9.47 Å². The van der Waals surface area contributed by atoms with Crippen LogP contribution < -0.4 is 0 Å². The van der Waals surface area contributed by atoms with E-state index >= 15 is 0 Å². The van der Waals surface area contributed by atoms with Gasteiger partial charge in [0.05, 0.1) is 23.1 Å². The molecule has 0 atom stereocenters. The van der Waals surface area contributed by atoms with Crippen molar-refractivity contribution >= 4 is 28.5 Å². The van der Waals surface area contributed by atoms with Crippen molar-refractivity contribution in [2.24, 2.45) is 0 Å². The number of unbranched alkanes of at least 4 members (excludes halogenated alkanes) is 2. The van der Waals surface area contributed by atoms with Gasteiger partial charge in [-0.05, 0) is 43.2 Å². The first kappa shape index (κ1) is 22.2. The largest absolute Gasteiger partial charge is 0.331 e. The Labute approximate surface area is 180 Å². The molecule has 160 valence electrons. The molecular formula is C23H26ClF2N3O. The number of aromatic nitrogens is 2. The highest BCUT2D eigenvalue weighted by Crippen LogP contribution is 2.23. The molecule has 7 heteroatoms. The second-order valence-corrected chi connectivity index (χ2v) is 7.78. The molecule has 1 aromatic heterocycles. The minimum Gasteiger partial charge on any atom is -0.331 e. The number of aryl methyl sites for hydroxylation is 1. The first-order valence-corrected chi connectivity index (χ1v) is 10.7. The van der Waals surface area contributed by atoms with Gasteiger partial charge in [0.1, 0.15) is 5.82 Å². The fraction of sp³-hybridized carbons (Fsp3) is 0.391. The minimum absolute atomic E-state index is 0.213. The van der Waals surface area contributed by atoms with Crippen molar-refractivity contribution in [3.05, 3.63) is 64.4 Å². The topological polar surface area (TPSA) is 38.1 Å². The predicted octanol–water partition coefficient (Wildman–Crippen LogP) is 6.21. The maximum atomic E-state index is 14.3. The number of hydrogen-bond acceptors (Lipinski definition) is 2. The smallest absolute Gasteiger partial charge is 0.257 e. The van der Waals surface area contributed by atoms with E-state index in [9.17, 15) is 13.6 Å². The molecule has 0 aliphatic heterocycles. The zero-order chi connectivity index (χ0) is 21.7. The standard InChI is InChI=1S/C23H26ClF2N3O/c1-3-5-6-13-28(23(30)17-8-7-9-18(25)22(17)26)15-21-27-19-11-10-16(24)14-20(19)29(21)12-4-2/h7-11,14H,3-6,12-13,15H2,1-2H3. The number of halogens is 3. The van der Waals surface area contributed by atoms with Crippen LogP contribution in [0, 0.1) is 11.6 Å². The molecule has 0 fully saturated rings. The zero-order valence-electron chi connectivity index (χ0n) is 17.3.